The van der Waals surface area contributed by atoms with Crippen LogP contribution in [0.15, 0.2) is 35.2 Å². The van der Waals surface area contributed by atoms with Crippen molar-refractivity contribution in [1.82, 2.24) is 14.9 Å². The second-order valence-corrected chi connectivity index (χ2v) is 7.38. The Morgan fingerprint density at radius 1 is 1.23 bits per heavy atom. The molecular formula is C19H22FN3O2S. The number of carbonyl (C=O) groups excluding carboxylic acids is 1. The lowest BCUT2D eigenvalue weighted by molar-refractivity contribution is -0.130. The fourth-order valence-corrected chi connectivity index (χ4v) is 3.71. The van der Waals surface area contributed by atoms with Gasteiger partial charge in [-0.3, -0.25) is 4.79 Å². The number of halogens is 1. The molecular weight excluding hydrogens is 353 g/mol. The Hall–Kier alpha value is -2.15. The Morgan fingerprint density at radius 3 is 2.58 bits per heavy atom. The predicted molar refractivity (Wildman–Crippen MR) is 98.9 cm³/mol. The molecule has 7 heteroatoms. The van der Waals surface area contributed by atoms with E-state index in [-0.39, 0.29) is 17.8 Å². The first-order valence-electron chi connectivity index (χ1n) is 8.64. The number of rotatable bonds is 5. The van der Waals surface area contributed by atoms with Gasteiger partial charge in [-0.2, -0.15) is 4.98 Å². The summed E-state index contributed by atoms with van der Waals surface area (Å²) < 4.78 is 18.9. The van der Waals surface area contributed by atoms with Gasteiger partial charge in [0.1, 0.15) is 17.7 Å². The zero-order chi connectivity index (χ0) is 18.5. The summed E-state index contributed by atoms with van der Waals surface area (Å²) in [5.41, 5.74) is 0.887. The molecule has 0 N–H and O–H groups in total. The molecule has 1 saturated heterocycles. The molecule has 3 rings (SSSR count). The number of hydrogen-bond acceptors (Lipinski definition) is 5. The number of likely N-dealkylation sites (tertiary alicyclic amines) is 1. The molecule has 1 aromatic heterocycles. The first kappa shape index (κ1) is 18.6. The van der Waals surface area contributed by atoms with Crippen LogP contribution in [0.25, 0.3) is 0 Å². The first-order chi connectivity index (χ1) is 12.5. The number of thioether (sulfide) groups is 1. The van der Waals surface area contributed by atoms with E-state index in [1.165, 1.54) is 23.9 Å². The van der Waals surface area contributed by atoms with Gasteiger partial charge in [-0.15, -0.1) is 11.8 Å². The van der Waals surface area contributed by atoms with Crippen molar-refractivity contribution in [2.45, 2.75) is 37.7 Å². The Bertz CT molecular complexity index is 742. The van der Waals surface area contributed by atoms with Crippen LogP contribution >= 0.6 is 11.8 Å². The molecule has 0 aliphatic carbocycles. The number of amides is 1. The third-order valence-electron chi connectivity index (χ3n) is 4.20. The van der Waals surface area contributed by atoms with Crippen LogP contribution in [0.5, 0.6) is 5.88 Å². The number of ether oxygens (including phenoxy) is 1. The highest BCUT2D eigenvalue weighted by Gasteiger charge is 2.24. The van der Waals surface area contributed by atoms with Gasteiger partial charge in [0.25, 0.3) is 0 Å². The van der Waals surface area contributed by atoms with Crippen molar-refractivity contribution in [2.24, 2.45) is 0 Å². The molecule has 2 heterocycles. The van der Waals surface area contributed by atoms with Crippen LogP contribution in [0.3, 0.4) is 0 Å². The number of aromatic nitrogens is 2. The fraction of sp³-hybridized carbons (Fsp3) is 0.421. The van der Waals surface area contributed by atoms with Gasteiger partial charge in [0.2, 0.25) is 11.8 Å². The van der Waals surface area contributed by atoms with Crippen molar-refractivity contribution < 1.29 is 13.9 Å². The van der Waals surface area contributed by atoms with E-state index in [1.807, 2.05) is 24.8 Å². The van der Waals surface area contributed by atoms with Crippen LogP contribution < -0.4 is 4.74 Å². The number of hydrogen-bond donors (Lipinski definition) is 0. The highest BCUT2D eigenvalue weighted by Crippen LogP contribution is 2.21. The Balaban J connectivity index is 1.45. The molecule has 2 aromatic rings. The van der Waals surface area contributed by atoms with E-state index in [1.54, 1.807) is 12.1 Å². The number of nitrogens with zero attached hydrogens (tertiary/aromatic N) is 3. The lowest BCUT2D eigenvalue weighted by atomic mass is 10.1. The summed E-state index contributed by atoms with van der Waals surface area (Å²) in [4.78, 5) is 23.7. The highest BCUT2D eigenvalue weighted by atomic mass is 32.2. The van der Waals surface area contributed by atoms with E-state index >= 15 is 0 Å². The standard InChI is InChI=1S/C19H22FN3O2S/c1-13-11-18(22-14(2)21-13)25-16-7-9-23(10-8-16)19(24)12-26-17-5-3-15(20)4-6-17/h3-6,11,16H,7-10,12H2,1-2H3. The highest BCUT2D eigenvalue weighted by molar-refractivity contribution is 8.00. The molecule has 1 amide bonds. The molecule has 26 heavy (non-hydrogen) atoms. The predicted octanol–water partition coefficient (Wildman–Crippen LogP) is 3.39. The molecule has 1 aliphatic rings. The zero-order valence-electron chi connectivity index (χ0n) is 14.9. The number of carbonyl (C=O) groups is 1. The van der Waals surface area contributed by atoms with E-state index in [0.717, 1.165) is 23.4 Å². The number of benzene rings is 1. The van der Waals surface area contributed by atoms with Crippen LogP contribution in [0.1, 0.15) is 24.4 Å². The quantitative estimate of drug-likeness (QED) is 0.750. The number of piperidine rings is 1. The molecule has 0 atom stereocenters. The molecule has 1 aliphatic heterocycles. The maximum absolute atomic E-state index is 12.9. The van der Waals surface area contributed by atoms with Crippen LogP contribution in [-0.4, -0.2) is 45.7 Å². The third-order valence-corrected chi connectivity index (χ3v) is 5.20. The van der Waals surface area contributed by atoms with E-state index < -0.39 is 0 Å². The minimum atomic E-state index is -0.267. The van der Waals surface area contributed by atoms with Crippen molar-refractivity contribution >= 4 is 17.7 Å². The van der Waals surface area contributed by atoms with E-state index in [4.69, 9.17) is 4.74 Å². The van der Waals surface area contributed by atoms with Gasteiger partial charge in [-0.1, -0.05) is 0 Å². The van der Waals surface area contributed by atoms with Crippen LogP contribution in [0.4, 0.5) is 4.39 Å². The van der Waals surface area contributed by atoms with Gasteiger partial charge in [0, 0.05) is 42.6 Å². The average Bonchev–Trinajstić information content (AvgIpc) is 2.61. The van der Waals surface area contributed by atoms with Crippen molar-refractivity contribution in [2.75, 3.05) is 18.8 Å². The molecule has 0 bridgehead atoms. The Labute approximate surface area is 157 Å². The SMILES string of the molecule is Cc1cc(OC2CCN(C(=O)CSc3ccc(F)cc3)CC2)nc(C)n1. The summed E-state index contributed by atoms with van der Waals surface area (Å²) in [6.07, 6.45) is 1.64. The summed E-state index contributed by atoms with van der Waals surface area (Å²) in [6, 6.07) is 8.04. The monoisotopic (exact) mass is 375 g/mol. The molecule has 1 aromatic carbocycles. The lowest BCUT2D eigenvalue weighted by Crippen LogP contribution is -2.42. The molecule has 5 nitrogen and oxygen atoms in total. The first-order valence-corrected chi connectivity index (χ1v) is 9.63. The van der Waals surface area contributed by atoms with Crippen molar-refractivity contribution in [3.05, 3.63) is 47.7 Å². The van der Waals surface area contributed by atoms with E-state index in [0.29, 0.717) is 30.5 Å². The van der Waals surface area contributed by atoms with Gasteiger partial charge in [-0.05, 0) is 38.1 Å². The molecule has 0 saturated carbocycles. The smallest absolute Gasteiger partial charge is 0.232 e. The van der Waals surface area contributed by atoms with Gasteiger partial charge in [0.15, 0.2) is 0 Å². The van der Waals surface area contributed by atoms with E-state index in [9.17, 15) is 9.18 Å². The fourth-order valence-electron chi connectivity index (χ4n) is 2.90. The lowest BCUT2D eigenvalue weighted by Gasteiger charge is -2.32. The summed E-state index contributed by atoms with van der Waals surface area (Å²) in [5.74, 6) is 1.50. The third kappa shape index (κ3) is 5.17. The Morgan fingerprint density at radius 2 is 1.92 bits per heavy atom. The summed E-state index contributed by atoms with van der Waals surface area (Å²) in [7, 11) is 0. The van der Waals surface area contributed by atoms with Crippen molar-refractivity contribution in [1.29, 1.82) is 0 Å². The molecule has 0 spiro atoms. The Kier molecular flexibility index (Phi) is 6.08. The summed E-state index contributed by atoms with van der Waals surface area (Å²) in [6.45, 7) is 5.12. The second-order valence-electron chi connectivity index (χ2n) is 6.34. The van der Waals surface area contributed by atoms with Gasteiger partial charge in [-0.25, -0.2) is 9.37 Å². The molecule has 0 radical (unpaired) electrons. The van der Waals surface area contributed by atoms with Crippen LogP contribution in [-0.2, 0) is 4.79 Å². The minimum absolute atomic E-state index is 0.0671. The van der Waals surface area contributed by atoms with Gasteiger partial charge >= 0.3 is 0 Å². The minimum Gasteiger partial charge on any atom is -0.474 e. The maximum atomic E-state index is 12.9. The molecule has 1 fully saturated rings. The second kappa shape index (κ2) is 8.49. The van der Waals surface area contributed by atoms with Crippen LogP contribution in [0.2, 0.25) is 0 Å². The largest absolute Gasteiger partial charge is 0.474 e. The molecule has 138 valence electrons. The maximum Gasteiger partial charge on any atom is 0.232 e. The van der Waals surface area contributed by atoms with Gasteiger partial charge < -0.3 is 9.64 Å². The van der Waals surface area contributed by atoms with E-state index in [2.05, 4.69) is 9.97 Å². The molecule has 0 unspecified atom stereocenters. The van der Waals surface area contributed by atoms with Crippen molar-refractivity contribution in [3.8, 4) is 5.88 Å². The topological polar surface area (TPSA) is 55.3 Å². The van der Waals surface area contributed by atoms with Crippen LogP contribution in [0, 0.1) is 19.7 Å². The average molecular weight is 375 g/mol. The summed E-state index contributed by atoms with van der Waals surface area (Å²) >= 11 is 1.43. The zero-order valence-corrected chi connectivity index (χ0v) is 15.8. The van der Waals surface area contributed by atoms with Gasteiger partial charge in [0.05, 0.1) is 5.75 Å². The normalized spacial score (nSPS) is 15.1. The number of aryl methyl sites for hydroxylation is 2. The van der Waals surface area contributed by atoms with Crippen molar-refractivity contribution in [3.63, 3.8) is 0 Å². The summed E-state index contributed by atoms with van der Waals surface area (Å²) in [5, 5.41) is 0.